The zero-order valence-corrected chi connectivity index (χ0v) is 13.4. The molecule has 1 atom stereocenters. The molecular weight excluding hydrogens is 284 g/mol. The maximum Gasteiger partial charge on any atom is 0.239 e. The normalized spacial score (nSPS) is 17.0. The first kappa shape index (κ1) is 15.8. The van der Waals surface area contributed by atoms with E-state index in [1.807, 2.05) is 41.3 Å². The summed E-state index contributed by atoms with van der Waals surface area (Å²) in [6.07, 6.45) is 2.65. The molecule has 0 radical (unpaired) electrons. The SMILES string of the molecule is NC(Cc1ccccc1)C(=O)N1CCC(c2ccccc2)CC1. The van der Waals surface area contributed by atoms with Crippen LogP contribution in [0.15, 0.2) is 60.7 Å². The highest BCUT2D eigenvalue weighted by molar-refractivity contribution is 5.82. The van der Waals surface area contributed by atoms with E-state index in [0.29, 0.717) is 12.3 Å². The average molecular weight is 308 g/mol. The summed E-state index contributed by atoms with van der Waals surface area (Å²) in [7, 11) is 0. The second kappa shape index (κ2) is 7.42. The van der Waals surface area contributed by atoms with E-state index >= 15 is 0 Å². The van der Waals surface area contributed by atoms with Gasteiger partial charge in [-0.2, -0.15) is 0 Å². The summed E-state index contributed by atoms with van der Waals surface area (Å²) >= 11 is 0. The molecule has 1 fully saturated rings. The maximum atomic E-state index is 12.5. The van der Waals surface area contributed by atoms with Crippen LogP contribution in [0, 0.1) is 0 Å². The second-order valence-electron chi connectivity index (χ2n) is 6.31. The molecule has 0 aliphatic carbocycles. The summed E-state index contributed by atoms with van der Waals surface area (Å²) in [6.45, 7) is 1.61. The van der Waals surface area contributed by atoms with E-state index in [9.17, 15) is 4.79 Å². The molecule has 2 N–H and O–H groups in total. The van der Waals surface area contributed by atoms with E-state index < -0.39 is 6.04 Å². The molecule has 2 aromatic rings. The number of piperidine rings is 1. The minimum absolute atomic E-state index is 0.0837. The van der Waals surface area contributed by atoms with Crippen LogP contribution in [-0.2, 0) is 11.2 Å². The third-order valence-corrected chi connectivity index (χ3v) is 4.69. The Morgan fingerprint density at radius 2 is 1.57 bits per heavy atom. The fourth-order valence-electron chi connectivity index (χ4n) is 3.35. The van der Waals surface area contributed by atoms with Crippen LogP contribution in [-0.4, -0.2) is 29.9 Å². The van der Waals surface area contributed by atoms with Gasteiger partial charge in [-0.25, -0.2) is 0 Å². The highest BCUT2D eigenvalue weighted by atomic mass is 16.2. The van der Waals surface area contributed by atoms with Crippen LogP contribution >= 0.6 is 0 Å². The number of nitrogens with two attached hydrogens (primary N) is 1. The predicted molar refractivity (Wildman–Crippen MR) is 93.1 cm³/mol. The number of benzene rings is 2. The van der Waals surface area contributed by atoms with Crippen molar-refractivity contribution in [2.24, 2.45) is 5.73 Å². The highest BCUT2D eigenvalue weighted by Gasteiger charge is 2.26. The van der Waals surface area contributed by atoms with Gasteiger partial charge in [-0.05, 0) is 36.3 Å². The Morgan fingerprint density at radius 1 is 1.00 bits per heavy atom. The molecule has 1 heterocycles. The molecule has 23 heavy (non-hydrogen) atoms. The van der Waals surface area contributed by atoms with Gasteiger partial charge in [-0.1, -0.05) is 60.7 Å². The highest BCUT2D eigenvalue weighted by Crippen LogP contribution is 2.28. The largest absolute Gasteiger partial charge is 0.341 e. The second-order valence-corrected chi connectivity index (χ2v) is 6.31. The van der Waals surface area contributed by atoms with Gasteiger partial charge < -0.3 is 10.6 Å². The molecule has 1 aliphatic heterocycles. The van der Waals surface area contributed by atoms with Crippen molar-refractivity contribution < 1.29 is 4.79 Å². The number of carbonyl (C=O) groups is 1. The van der Waals surface area contributed by atoms with Crippen molar-refractivity contribution in [2.45, 2.75) is 31.2 Å². The van der Waals surface area contributed by atoms with Crippen molar-refractivity contribution in [1.29, 1.82) is 0 Å². The number of nitrogens with zero attached hydrogens (tertiary/aromatic N) is 1. The summed E-state index contributed by atoms with van der Waals surface area (Å²) in [5.41, 5.74) is 8.64. The molecular formula is C20H24N2O. The number of carbonyl (C=O) groups excluding carboxylic acids is 1. The van der Waals surface area contributed by atoms with Crippen molar-refractivity contribution in [2.75, 3.05) is 13.1 Å². The lowest BCUT2D eigenvalue weighted by molar-refractivity contribution is -0.133. The van der Waals surface area contributed by atoms with Crippen LogP contribution < -0.4 is 5.73 Å². The van der Waals surface area contributed by atoms with Crippen molar-refractivity contribution in [1.82, 2.24) is 4.90 Å². The number of hydrogen-bond acceptors (Lipinski definition) is 2. The number of rotatable bonds is 4. The average Bonchev–Trinajstić information content (AvgIpc) is 2.63. The Balaban J connectivity index is 1.54. The smallest absolute Gasteiger partial charge is 0.239 e. The van der Waals surface area contributed by atoms with Gasteiger partial charge in [0.2, 0.25) is 5.91 Å². The molecule has 0 saturated carbocycles. The molecule has 0 aromatic heterocycles. The monoisotopic (exact) mass is 308 g/mol. The molecule has 3 rings (SSSR count). The van der Waals surface area contributed by atoms with Gasteiger partial charge in [-0.15, -0.1) is 0 Å². The fraction of sp³-hybridized carbons (Fsp3) is 0.350. The van der Waals surface area contributed by atoms with Gasteiger partial charge in [0.15, 0.2) is 0 Å². The van der Waals surface area contributed by atoms with E-state index in [1.165, 1.54) is 5.56 Å². The molecule has 1 amide bonds. The van der Waals surface area contributed by atoms with E-state index in [2.05, 4.69) is 24.3 Å². The first-order chi connectivity index (χ1) is 11.2. The quantitative estimate of drug-likeness (QED) is 0.944. The molecule has 1 unspecified atom stereocenters. The Hall–Kier alpha value is -2.13. The maximum absolute atomic E-state index is 12.5. The summed E-state index contributed by atoms with van der Waals surface area (Å²) in [5.74, 6) is 0.644. The van der Waals surface area contributed by atoms with Crippen LogP contribution in [0.25, 0.3) is 0 Å². The molecule has 3 nitrogen and oxygen atoms in total. The van der Waals surface area contributed by atoms with E-state index in [-0.39, 0.29) is 5.91 Å². The van der Waals surface area contributed by atoms with Crippen molar-refractivity contribution in [3.05, 3.63) is 71.8 Å². The first-order valence-corrected chi connectivity index (χ1v) is 8.37. The lowest BCUT2D eigenvalue weighted by Crippen LogP contribution is -2.47. The van der Waals surface area contributed by atoms with Gasteiger partial charge >= 0.3 is 0 Å². The van der Waals surface area contributed by atoms with Crippen molar-refractivity contribution in [3.8, 4) is 0 Å². The summed E-state index contributed by atoms with van der Waals surface area (Å²) < 4.78 is 0. The molecule has 120 valence electrons. The zero-order valence-electron chi connectivity index (χ0n) is 13.4. The van der Waals surface area contributed by atoms with Crippen LogP contribution in [0.2, 0.25) is 0 Å². The minimum Gasteiger partial charge on any atom is -0.341 e. The van der Waals surface area contributed by atoms with Gasteiger partial charge in [-0.3, -0.25) is 4.79 Å². The number of hydrogen-bond donors (Lipinski definition) is 1. The van der Waals surface area contributed by atoms with Crippen LogP contribution in [0.3, 0.4) is 0 Å². The molecule has 2 aromatic carbocycles. The zero-order chi connectivity index (χ0) is 16.1. The fourth-order valence-corrected chi connectivity index (χ4v) is 3.35. The Labute approximate surface area is 138 Å². The molecule has 0 spiro atoms. The summed E-state index contributed by atoms with van der Waals surface area (Å²) in [6, 6.07) is 20.1. The van der Waals surface area contributed by atoms with Gasteiger partial charge in [0.1, 0.15) is 0 Å². The Bertz CT molecular complexity index is 619. The topological polar surface area (TPSA) is 46.3 Å². The Kier molecular flexibility index (Phi) is 5.09. The van der Waals surface area contributed by atoms with Gasteiger partial charge in [0.25, 0.3) is 0 Å². The van der Waals surface area contributed by atoms with Crippen LogP contribution in [0.4, 0.5) is 0 Å². The molecule has 0 bridgehead atoms. The van der Waals surface area contributed by atoms with E-state index in [0.717, 1.165) is 31.5 Å². The third kappa shape index (κ3) is 3.99. The number of amides is 1. The van der Waals surface area contributed by atoms with Crippen LogP contribution in [0.5, 0.6) is 0 Å². The molecule has 1 saturated heterocycles. The Morgan fingerprint density at radius 3 is 2.17 bits per heavy atom. The summed E-state index contributed by atoms with van der Waals surface area (Å²) in [4.78, 5) is 14.5. The van der Waals surface area contributed by atoms with Crippen molar-refractivity contribution >= 4 is 5.91 Å². The number of likely N-dealkylation sites (tertiary alicyclic amines) is 1. The predicted octanol–water partition coefficient (Wildman–Crippen LogP) is 2.96. The standard InChI is InChI=1S/C20H24N2O/c21-19(15-16-7-3-1-4-8-16)20(23)22-13-11-18(12-14-22)17-9-5-2-6-10-17/h1-10,18-19H,11-15,21H2. The van der Waals surface area contributed by atoms with E-state index in [1.54, 1.807) is 0 Å². The third-order valence-electron chi connectivity index (χ3n) is 4.69. The van der Waals surface area contributed by atoms with Gasteiger partial charge in [0, 0.05) is 13.1 Å². The van der Waals surface area contributed by atoms with Gasteiger partial charge in [0.05, 0.1) is 6.04 Å². The minimum atomic E-state index is -0.439. The van der Waals surface area contributed by atoms with E-state index in [4.69, 9.17) is 5.73 Å². The van der Waals surface area contributed by atoms with Crippen molar-refractivity contribution in [3.63, 3.8) is 0 Å². The first-order valence-electron chi connectivity index (χ1n) is 8.37. The lowest BCUT2D eigenvalue weighted by Gasteiger charge is -2.33. The van der Waals surface area contributed by atoms with Crippen LogP contribution in [0.1, 0.15) is 29.9 Å². The molecule has 3 heteroatoms. The summed E-state index contributed by atoms with van der Waals surface area (Å²) in [5, 5.41) is 0. The molecule has 1 aliphatic rings. The lowest BCUT2D eigenvalue weighted by atomic mass is 9.89.